The molecule has 0 saturated heterocycles. The molecule has 10 heteroatoms. The smallest absolute Gasteiger partial charge is 0.390 e. The minimum atomic E-state index is -4.19. The Morgan fingerprint density at radius 3 is 2.38 bits per heavy atom. The van der Waals surface area contributed by atoms with E-state index in [1.807, 2.05) is 19.1 Å². The molecule has 29 heavy (non-hydrogen) atoms. The van der Waals surface area contributed by atoms with Crippen molar-refractivity contribution in [3.63, 3.8) is 0 Å². The van der Waals surface area contributed by atoms with Gasteiger partial charge in [0, 0.05) is 32.7 Å². The maximum Gasteiger partial charge on any atom is 0.390 e. The number of fused-ring (bicyclic) bond motifs is 1. The largest absolute Gasteiger partial charge is 0.493 e. The summed E-state index contributed by atoms with van der Waals surface area (Å²) in [5, 5.41) is 6.08. The molecule has 0 atom stereocenters. The number of halogens is 4. The van der Waals surface area contributed by atoms with Crippen molar-refractivity contribution in [1.82, 2.24) is 15.5 Å². The molecule has 0 fully saturated rings. The molecule has 1 aliphatic heterocycles. The summed E-state index contributed by atoms with van der Waals surface area (Å²) < 4.78 is 47.6. The molecule has 6 nitrogen and oxygen atoms in total. The molecule has 2 rings (SSSR count). The first-order chi connectivity index (χ1) is 13.4. The van der Waals surface area contributed by atoms with Gasteiger partial charge in [0.15, 0.2) is 17.5 Å². The Morgan fingerprint density at radius 1 is 1.14 bits per heavy atom. The van der Waals surface area contributed by atoms with Gasteiger partial charge in [0.1, 0.15) is 0 Å². The second-order valence-corrected chi connectivity index (χ2v) is 6.55. The molecule has 166 valence electrons. The number of rotatable bonds is 8. The number of nitrogens with zero attached hydrogens (tertiary/aromatic N) is 2. The zero-order valence-corrected chi connectivity index (χ0v) is 19.4. The number of guanidine groups is 1. The lowest BCUT2D eigenvalue weighted by Gasteiger charge is -2.29. The van der Waals surface area contributed by atoms with Crippen LogP contribution in [-0.2, 0) is 13.0 Å². The third-order valence-electron chi connectivity index (χ3n) is 4.53. The van der Waals surface area contributed by atoms with Crippen LogP contribution in [0.1, 0.15) is 24.5 Å². The van der Waals surface area contributed by atoms with Crippen molar-refractivity contribution in [2.45, 2.75) is 32.5 Å². The third-order valence-corrected chi connectivity index (χ3v) is 4.53. The van der Waals surface area contributed by atoms with E-state index in [0.717, 1.165) is 31.8 Å². The summed E-state index contributed by atoms with van der Waals surface area (Å²) >= 11 is 0. The molecule has 1 aromatic rings. The minimum Gasteiger partial charge on any atom is -0.493 e. The highest BCUT2D eigenvalue weighted by atomic mass is 127. The van der Waals surface area contributed by atoms with Gasteiger partial charge >= 0.3 is 6.18 Å². The minimum absolute atomic E-state index is 0. The van der Waals surface area contributed by atoms with E-state index >= 15 is 0 Å². The predicted octanol–water partition coefficient (Wildman–Crippen LogP) is 3.19. The molecule has 0 saturated carbocycles. The van der Waals surface area contributed by atoms with Gasteiger partial charge in [-0.15, -0.1) is 24.0 Å². The summed E-state index contributed by atoms with van der Waals surface area (Å²) in [6, 6.07) is 4.04. The first kappa shape index (κ1) is 25.6. The number of nitrogens with one attached hydrogen (secondary N) is 2. The summed E-state index contributed by atoms with van der Waals surface area (Å²) in [5.41, 5.74) is 2.46. The Kier molecular flexibility index (Phi) is 10.9. The Bertz CT molecular complexity index is 672. The van der Waals surface area contributed by atoms with Gasteiger partial charge in [-0.2, -0.15) is 13.2 Å². The number of benzene rings is 1. The first-order valence-electron chi connectivity index (χ1n) is 9.41. The first-order valence-corrected chi connectivity index (χ1v) is 9.41. The second-order valence-electron chi connectivity index (χ2n) is 6.55. The van der Waals surface area contributed by atoms with Gasteiger partial charge in [0.05, 0.1) is 27.2 Å². The van der Waals surface area contributed by atoms with Crippen molar-refractivity contribution in [3.05, 3.63) is 23.3 Å². The SMILES string of the molecule is CCNC(=NCCC(F)(F)F)NCCN1CCc2cc(OC)c(OC)cc2C1.I. The molecule has 1 heterocycles. The van der Waals surface area contributed by atoms with Crippen LogP contribution in [0.5, 0.6) is 11.5 Å². The zero-order chi connectivity index (χ0) is 20.6. The van der Waals surface area contributed by atoms with Gasteiger partial charge in [-0.3, -0.25) is 9.89 Å². The van der Waals surface area contributed by atoms with Crippen molar-refractivity contribution in [2.24, 2.45) is 4.99 Å². The zero-order valence-electron chi connectivity index (χ0n) is 17.1. The molecule has 2 N–H and O–H groups in total. The molecule has 1 aliphatic rings. The van der Waals surface area contributed by atoms with Gasteiger partial charge in [-0.05, 0) is 36.6 Å². The van der Waals surface area contributed by atoms with Crippen LogP contribution < -0.4 is 20.1 Å². The van der Waals surface area contributed by atoms with Crippen LogP contribution in [0.4, 0.5) is 13.2 Å². The number of aliphatic imine (C=N–C) groups is 1. The highest BCUT2D eigenvalue weighted by Gasteiger charge is 2.26. The Hall–Kier alpha value is -1.43. The quantitative estimate of drug-likeness (QED) is 0.307. The number of hydrogen-bond donors (Lipinski definition) is 2. The molecule has 0 spiro atoms. The Labute approximate surface area is 187 Å². The topological polar surface area (TPSA) is 58.1 Å². The molecule has 1 aromatic carbocycles. The van der Waals surface area contributed by atoms with E-state index in [2.05, 4.69) is 20.5 Å². The van der Waals surface area contributed by atoms with Crippen LogP contribution in [-0.4, -0.2) is 64.0 Å². The van der Waals surface area contributed by atoms with Crippen LogP contribution in [0.2, 0.25) is 0 Å². The van der Waals surface area contributed by atoms with E-state index in [-0.39, 0.29) is 30.5 Å². The van der Waals surface area contributed by atoms with Crippen molar-refractivity contribution >= 4 is 29.9 Å². The maximum atomic E-state index is 12.3. The Morgan fingerprint density at radius 2 is 1.79 bits per heavy atom. The van der Waals surface area contributed by atoms with Crippen molar-refractivity contribution in [1.29, 1.82) is 0 Å². The van der Waals surface area contributed by atoms with E-state index < -0.39 is 12.6 Å². The molecule has 0 aromatic heterocycles. The van der Waals surface area contributed by atoms with Crippen LogP contribution in [0.25, 0.3) is 0 Å². The van der Waals surface area contributed by atoms with E-state index in [1.54, 1.807) is 14.2 Å². The summed E-state index contributed by atoms with van der Waals surface area (Å²) in [5.74, 6) is 1.87. The van der Waals surface area contributed by atoms with E-state index in [1.165, 1.54) is 11.1 Å². The van der Waals surface area contributed by atoms with E-state index in [0.29, 0.717) is 24.8 Å². The van der Waals surface area contributed by atoms with Crippen LogP contribution in [0.15, 0.2) is 17.1 Å². The average molecular weight is 530 g/mol. The molecular weight excluding hydrogens is 500 g/mol. The maximum absolute atomic E-state index is 12.3. The van der Waals surface area contributed by atoms with Gasteiger partial charge < -0.3 is 20.1 Å². The average Bonchev–Trinajstić information content (AvgIpc) is 2.65. The molecule has 0 aliphatic carbocycles. The van der Waals surface area contributed by atoms with Gasteiger partial charge in [0.2, 0.25) is 0 Å². The lowest BCUT2D eigenvalue weighted by molar-refractivity contribution is -0.132. The lowest BCUT2D eigenvalue weighted by Crippen LogP contribution is -2.42. The van der Waals surface area contributed by atoms with Gasteiger partial charge in [-0.25, -0.2) is 0 Å². The highest BCUT2D eigenvalue weighted by molar-refractivity contribution is 14.0. The highest BCUT2D eigenvalue weighted by Crippen LogP contribution is 2.33. The van der Waals surface area contributed by atoms with Gasteiger partial charge in [0.25, 0.3) is 0 Å². The fourth-order valence-corrected chi connectivity index (χ4v) is 3.10. The van der Waals surface area contributed by atoms with Crippen molar-refractivity contribution in [2.75, 3.05) is 46.9 Å². The lowest BCUT2D eigenvalue weighted by atomic mass is 9.99. The standard InChI is InChI=1S/C19H29F3N4O2.HI/c1-4-23-18(24-7-6-19(20,21)22)25-8-10-26-9-5-14-11-16(27-2)17(28-3)12-15(14)13-26;/h11-12H,4-10,13H2,1-3H3,(H2,23,24,25);1H. The molecule has 0 unspecified atom stereocenters. The monoisotopic (exact) mass is 530 g/mol. The number of methoxy groups -OCH3 is 2. The van der Waals surface area contributed by atoms with Crippen molar-refractivity contribution < 1.29 is 22.6 Å². The summed E-state index contributed by atoms with van der Waals surface area (Å²) in [6.07, 6.45) is -4.20. The predicted molar refractivity (Wildman–Crippen MR) is 119 cm³/mol. The number of ether oxygens (including phenoxy) is 2. The molecule has 0 radical (unpaired) electrons. The molecule has 0 amide bonds. The molecule has 0 bridgehead atoms. The number of alkyl halides is 3. The Balaban J connectivity index is 0.00000420. The summed E-state index contributed by atoms with van der Waals surface area (Å²) in [7, 11) is 3.25. The molecular formula is C19H30F3IN4O2. The van der Waals surface area contributed by atoms with Crippen LogP contribution >= 0.6 is 24.0 Å². The third kappa shape index (κ3) is 8.45. The van der Waals surface area contributed by atoms with Crippen LogP contribution in [0, 0.1) is 0 Å². The summed E-state index contributed by atoms with van der Waals surface area (Å²) in [6.45, 7) is 5.25. The normalized spacial score (nSPS) is 14.6. The summed E-state index contributed by atoms with van der Waals surface area (Å²) in [4.78, 5) is 6.28. The van der Waals surface area contributed by atoms with Crippen LogP contribution in [0.3, 0.4) is 0 Å². The van der Waals surface area contributed by atoms with Gasteiger partial charge in [-0.1, -0.05) is 0 Å². The van der Waals surface area contributed by atoms with E-state index in [4.69, 9.17) is 9.47 Å². The van der Waals surface area contributed by atoms with E-state index in [9.17, 15) is 13.2 Å². The number of hydrogen-bond acceptors (Lipinski definition) is 4. The second kappa shape index (κ2) is 12.3. The fourth-order valence-electron chi connectivity index (χ4n) is 3.10. The van der Waals surface area contributed by atoms with Crippen molar-refractivity contribution in [3.8, 4) is 11.5 Å². The fraction of sp³-hybridized carbons (Fsp3) is 0.632.